The molecule has 0 spiro atoms. The number of ether oxygens (including phenoxy) is 2. The lowest BCUT2D eigenvalue weighted by atomic mass is 9.99. The molecule has 4 aromatic rings. The van der Waals surface area contributed by atoms with Crippen LogP contribution < -0.4 is 10.0 Å². The standard InChI is InChI=1S/C39H45N3O6S/c1-4-22-42(3)26-34-24-37(32-16-14-31(27-43)15-17-32)48-39(47-34)33-18-12-30(13-19-33)25-40-38(44)36(23-29-8-6-5-7-9-29)41-49(45,46)35-20-10-28(2)11-21-35/h4-21,34,36-37,39,41,43H,1,22-27H2,2-3H3,(H,40,44)/t34-,36-,37+,39+/m1/s1. The molecule has 0 radical (unpaired) electrons. The first kappa shape index (κ1) is 36.1. The van der Waals surface area contributed by atoms with Gasteiger partial charge in [-0.15, -0.1) is 6.58 Å². The quantitative estimate of drug-likeness (QED) is 0.145. The predicted molar refractivity (Wildman–Crippen MR) is 190 cm³/mol. The van der Waals surface area contributed by atoms with E-state index in [9.17, 15) is 18.3 Å². The van der Waals surface area contributed by atoms with Crippen LogP contribution in [0.1, 0.15) is 52.2 Å². The van der Waals surface area contributed by atoms with E-state index in [1.807, 2.05) is 98.9 Å². The summed E-state index contributed by atoms with van der Waals surface area (Å²) in [5.74, 6) is -0.427. The molecule has 10 heteroatoms. The molecule has 0 unspecified atom stereocenters. The molecule has 4 atom stereocenters. The van der Waals surface area contributed by atoms with Gasteiger partial charge in [-0.1, -0.05) is 103 Å². The second kappa shape index (κ2) is 17.0. The van der Waals surface area contributed by atoms with Gasteiger partial charge < -0.3 is 24.8 Å². The minimum Gasteiger partial charge on any atom is -0.392 e. The number of aliphatic hydroxyl groups excluding tert-OH is 1. The van der Waals surface area contributed by atoms with Gasteiger partial charge >= 0.3 is 0 Å². The Morgan fingerprint density at radius 3 is 2.22 bits per heavy atom. The highest BCUT2D eigenvalue weighted by molar-refractivity contribution is 7.89. The molecule has 1 saturated heterocycles. The van der Waals surface area contributed by atoms with E-state index in [0.29, 0.717) is 13.0 Å². The topological polar surface area (TPSA) is 117 Å². The van der Waals surface area contributed by atoms with Crippen molar-refractivity contribution in [1.82, 2.24) is 14.9 Å². The molecule has 49 heavy (non-hydrogen) atoms. The molecular weight excluding hydrogens is 639 g/mol. The fraction of sp³-hybridized carbons (Fsp3) is 0.308. The van der Waals surface area contributed by atoms with Crippen molar-refractivity contribution in [2.24, 2.45) is 0 Å². The molecule has 1 fully saturated rings. The predicted octanol–water partition coefficient (Wildman–Crippen LogP) is 5.36. The van der Waals surface area contributed by atoms with E-state index < -0.39 is 28.3 Å². The van der Waals surface area contributed by atoms with Crippen LogP contribution in [-0.4, -0.2) is 56.6 Å². The summed E-state index contributed by atoms with van der Waals surface area (Å²) in [5.41, 5.74) is 5.32. The number of amides is 1. The van der Waals surface area contributed by atoms with Crippen molar-refractivity contribution in [3.63, 3.8) is 0 Å². The Hall–Kier alpha value is -4.16. The lowest BCUT2D eigenvalue weighted by molar-refractivity contribution is -0.252. The fourth-order valence-electron chi connectivity index (χ4n) is 5.79. The first-order valence-corrected chi connectivity index (χ1v) is 17.9. The smallest absolute Gasteiger partial charge is 0.241 e. The largest absolute Gasteiger partial charge is 0.392 e. The van der Waals surface area contributed by atoms with Crippen LogP contribution in [0, 0.1) is 6.92 Å². The monoisotopic (exact) mass is 683 g/mol. The van der Waals surface area contributed by atoms with Gasteiger partial charge in [-0.2, -0.15) is 4.72 Å². The summed E-state index contributed by atoms with van der Waals surface area (Å²) in [5, 5.41) is 12.4. The van der Waals surface area contributed by atoms with E-state index in [1.54, 1.807) is 12.1 Å². The van der Waals surface area contributed by atoms with Crippen LogP contribution >= 0.6 is 0 Å². The Labute approximate surface area is 289 Å². The van der Waals surface area contributed by atoms with Crippen molar-refractivity contribution >= 4 is 15.9 Å². The molecule has 1 heterocycles. The van der Waals surface area contributed by atoms with E-state index in [0.717, 1.165) is 39.9 Å². The van der Waals surface area contributed by atoms with E-state index in [-0.39, 0.29) is 36.7 Å². The second-order valence-electron chi connectivity index (χ2n) is 12.5. The molecule has 258 valence electrons. The molecule has 5 rings (SSSR count). The Bertz CT molecular complexity index is 1760. The van der Waals surface area contributed by atoms with Crippen LogP contribution in [-0.2, 0) is 43.9 Å². The number of nitrogens with one attached hydrogen (secondary N) is 2. The van der Waals surface area contributed by atoms with Gasteiger partial charge in [0.2, 0.25) is 15.9 Å². The van der Waals surface area contributed by atoms with Crippen LogP contribution in [0.2, 0.25) is 0 Å². The summed E-state index contributed by atoms with van der Waals surface area (Å²) in [7, 11) is -1.91. The van der Waals surface area contributed by atoms with Gasteiger partial charge in [-0.05, 0) is 54.8 Å². The third kappa shape index (κ3) is 10.2. The molecule has 0 saturated carbocycles. The maximum atomic E-state index is 13.5. The van der Waals surface area contributed by atoms with Gasteiger partial charge in [0.05, 0.1) is 23.7 Å². The van der Waals surface area contributed by atoms with Crippen LogP contribution in [0.3, 0.4) is 0 Å². The first-order chi connectivity index (χ1) is 23.6. The Morgan fingerprint density at radius 2 is 1.57 bits per heavy atom. The van der Waals surface area contributed by atoms with Gasteiger partial charge in [-0.25, -0.2) is 8.42 Å². The number of hydrogen-bond acceptors (Lipinski definition) is 7. The van der Waals surface area contributed by atoms with Crippen molar-refractivity contribution in [2.75, 3.05) is 20.1 Å². The number of likely N-dealkylation sites (N-methyl/N-ethyl adjacent to an activating group) is 1. The highest BCUT2D eigenvalue weighted by atomic mass is 32.2. The number of rotatable bonds is 15. The second-order valence-corrected chi connectivity index (χ2v) is 14.2. The summed E-state index contributed by atoms with van der Waals surface area (Å²) in [6.07, 6.45) is 1.85. The number of nitrogens with zero attached hydrogens (tertiary/aromatic N) is 1. The molecule has 4 aromatic carbocycles. The Balaban J connectivity index is 1.27. The molecule has 1 aliphatic heterocycles. The Morgan fingerprint density at radius 1 is 0.918 bits per heavy atom. The Kier molecular flexibility index (Phi) is 12.5. The average Bonchev–Trinajstić information content (AvgIpc) is 3.11. The lowest BCUT2D eigenvalue weighted by Gasteiger charge is -2.37. The number of aliphatic hydroxyl groups is 1. The number of benzene rings is 4. The summed E-state index contributed by atoms with van der Waals surface area (Å²) in [6, 6.07) is 30.3. The maximum absolute atomic E-state index is 13.5. The van der Waals surface area contributed by atoms with Crippen LogP contribution in [0.25, 0.3) is 0 Å². The van der Waals surface area contributed by atoms with Gasteiger partial charge in [-0.3, -0.25) is 4.79 Å². The van der Waals surface area contributed by atoms with Crippen molar-refractivity contribution in [3.05, 3.63) is 149 Å². The van der Waals surface area contributed by atoms with Crippen LogP contribution in [0.4, 0.5) is 0 Å². The van der Waals surface area contributed by atoms with Gasteiger partial charge in [0, 0.05) is 31.6 Å². The third-order valence-corrected chi connectivity index (χ3v) is 10.0. The summed E-state index contributed by atoms with van der Waals surface area (Å²) in [6.45, 7) is 7.36. The van der Waals surface area contributed by atoms with Crippen molar-refractivity contribution in [2.45, 2.75) is 62.4 Å². The minimum absolute atomic E-state index is 0.0178. The third-order valence-electron chi connectivity index (χ3n) is 8.52. The van der Waals surface area contributed by atoms with Gasteiger partial charge in [0.25, 0.3) is 0 Å². The van der Waals surface area contributed by atoms with Crippen LogP contribution in [0.15, 0.2) is 121 Å². The molecule has 0 aromatic heterocycles. The van der Waals surface area contributed by atoms with E-state index in [2.05, 4.69) is 21.5 Å². The summed E-state index contributed by atoms with van der Waals surface area (Å²) >= 11 is 0. The highest BCUT2D eigenvalue weighted by Crippen LogP contribution is 2.38. The zero-order valence-electron chi connectivity index (χ0n) is 28.0. The summed E-state index contributed by atoms with van der Waals surface area (Å²) < 4.78 is 42.0. The number of carbonyl (C=O) groups excluding carboxylic acids is 1. The molecule has 0 bridgehead atoms. The SMILES string of the molecule is C=CCN(C)C[C@H]1C[C@@H](c2ccc(CO)cc2)O[C@@H](c2ccc(CNC(=O)[C@@H](Cc3ccccc3)NS(=O)(=O)c3ccc(C)cc3)cc2)O1. The number of aryl methyl sites for hydroxylation is 1. The van der Waals surface area contributed by atoms with E-state index in [4.69, 9.17) is 9.47 Å². The molecule has 1 aliphatic rings. The van der Waals surface area contributed by atoms with E-state index >= 15 is 0 Å². The lowest BCUT2D eigenvalue weighted by Crippen LogP contribution is -2.47. The minimum atomic E-state index is -3.94. The van der Waals surface area contributed by atoms with Gasteiger partial charge in [0.15, 0.2) is 6.29 Å². The molecule has 3 N–H and O–H groups in total. The maximum Gasteiger partial charge on any atom is 0.241 e. The van der Waals surface area contributed by atoms with Gasteiger partial charge in [0.1, 0.15) is 6.04 Å². The molecule has 0 aliphatic carbocycles. The highest BCUT2D eigenvalue weighted by Gasteiger charge is 2.33. The van der Waals surface area contributed by atoms with Crippen molar-refractivity contribution in [1.29, 1.82) is 0 Å². The number of sulfonamides is 1. The fourth-order valence-corrected chi connectivity index (χ4v) is 6.99. The average molecular weight is 684 g/mol. The van der Waals surface area contributed by atoms with Crippen molar-refractivity contribution in [3.8, 4) is 0 Å². The van der Waals surface area contributed by atoms with Crippen molar-refractivity contribution < 1.29 is 27.8 Å². The number of hydrogen-bond donors (Lipinski definition) is 3. The molecule has 1 amide bonds. The van der Waals surface area contributed by atoms with Crippen LogP contribution in [0.5, 0.6) is 0 Å². The summed E-state index contributed by atoms with van der Waals surface area (Å²) in [4.78, 5) is 15.7. The van der Waals surface area contributed by atoms with E-state index in [1.165, 1.54) is 12.1 Å². The molecule has 9 nitrogen and oxygen atoms in total. The normalized spacial score (nSPS) is 18.6. The zero-order valence-corrected chi connectivity index (χ0v) is 28.8. The molecular formula is C39H45N3O6S. The number of carbonyl (C=O) groups is 1. The zero-order chi connectivity index (χ0) is 34.8. The first-order valence-electron chi connectivity index (χ1n) is 16.4.